The van der Waals surface area contributed by atoms with Gasteiger partial charge in [0.2, 0.25) is 5.88 Å². The van der Waals surface area contributed by atoms with Crippen LogP contribution in [-0.4, -0.2) is 55.9 Å². The lowest BCUT2D eigenvalue weighted by molar-refractivity contribution is 0.0711. The average molecular weight is 469 g/mol. The Morgan fingerprint density at radius 3 is 2.29 bits per heavy atom. The zero-order chi connectivity index (χ0) is 24.0. The van der Waals surface area contributed by atoms with Crippen LogP contribution in [-0.2, 0) is 0 Å². The van der Waals surface area contributed by atoms with Crippen molar-refractivity contribution < 1.29 is 14.3 Å². The van der Waals surface area contributed by atoms with E-state index in [-0.39, 0.29) is 11.8 Å². The summed E-state index contributed by atoms with van der Waals surface area (Å²) >= 11 is 0. The minimum Gasteiger partial charge on any atom is -0.497 e. The summed E-state index contributed by atoms with van der Waals surface area (Å²) in [5.74, 6) is 2.04. The van der Waals surface area contributed by atoms with Crippen LogP contribution in [0.4, 0.5) is 0 Å². The smallest absolute Gasteiger partial charge is 0.255 e. The SMILES string of the molecule is COc1ccc(Oc2nccnc2C2CCN(C(=O)c3ccc(-c4cncnc4)nc3)CC2)cc1. The quantitative estimate of drug-likeness (QED) is 0.416. The van der Waals surface area contributed by atoms with Crippen molar-refractivity contribution in [3.05, 3.63) is 85.0 Å². The molecule has 1 saturated heterocycles. The highest BCUT2D eigenvalue weighted by molar-refractivity contribution is 5.94. The molecule has 1 aliphatic heterocycles. The number of amides is 1. The van der Waals surface area contributed by atoms with Crippen LogP contribution in [0.3, 0.4) is 0 Å². The first-order chi connectivity index (χ1) is 17.2. The molecule has 5 rings (SSSR count). The van der Waals surface area contributed by atoms with E-state index in [1.165, 1.54) is 6.33 Å². The molecule has 0 aliphatic carbocycles. The van der Waals surface area contributed by atoms with Crippen LogP contribution in [0.2, 0.25) is 0 Å². The number of likely N-dealkylation sites (tertiary alicyclic amines) is 1. The molecule has 176 valence electrons. The van der Waals surface area contributed by atoms with Gasteiger partial charge in [-0.2, -0.15) is 0 Å². The third-order valence-corrected chi connectivity index (χ3v) is 6.00. The van der Waals surface area contributed by atoms with E-state index in [4.69, 9.17) is 9.47 Å². The largest absolute Gasteiger partial charge is 0.497 e. The highest BCUT2D eigenvalue weighted by Gasteiger charge is 2.28. The molecular formula is C26H24N6O3. The summed E-state index contributed by atoms with van der Waals surface area (Å²) in [5, 5.41) is 0. The molecule has 0 radical (unpaired) electrons. The molecule has 1 fully saturated rings. The molecule has 0 atom stereocenters. The van der Waals surface area contributed by atoms with Gasteiger partial charge in [0.05, 0.1) is 18.4 Å². The molecule has 0 N–H and O–H groups in total. The Morgan fingerprint density at radius 2 is 1.60 bits per heavy atom. The zero-order valence-corrected chi connectivity index (χ0v) is 19.2. The van der Waals surface area contributed by atoms with Crippen LogP contribution in [0.15, 0.2) is 73.7 Å². The molecule has 0 spiro atoms. The summed E-state index contributed by atoms with van der Waals surface area (Å²) in [5.41, 5.74) is 2.91. The Morgan fingerprint density at radius 1 is 0.886 bits per heavy atom. The zero-order valence-electron chi connectivity index (χ0n) is 19.2. The highest BCUT2D eigenvalue weighted by Crippen LogP contribution is 2.34. The number of benzene rings is 1. The van der Waals surface area contributed by atoms with Gasteiger partial charge in [0.1, 0.15) is 23.5 Å². The predicted octanol–water partition coefficient (Wildman–Crippen LogP) is 4.15. The van der Waals surface area contributed by atoms with Crippen molar-refractivity contribution in [3.8, 4) is 28.6 Å². The Bertz CT molecular complexity index is 1270. The number of aromatic nitrogens is 5. The second-order valence-corrected chi connectivity index (χ2v) is 8.15. The molecule has 3 aromatic heterocycles. The average Bonchev–Trinajstić information content (AvgIpc) is 2.94. The summed E-state index contributed by atoms with van der Waals surface area (Å²) in [6, 6.07) is 11.0. The Hall–Kier alpha value is -4.40. The number of methoxy groups -OCH3 is 1. The van der Waals surface area contributed by atoms with Crippen molar-refractivity contribution in [2.45, 2.75) is 18.8 Å². The molecule has 4 heterocycles. The van der Waals surface area contributed by atoms with E-state index in [1.54, 1.807) is 44.2 Å². The van der Waals surface area contributed by atoms with Gasteiger partial charge in [0, 0.05) is 55.6 Å². The second-order valence-electron chi connectivity index (χ2n) is 8.15. The van der Waals surface area contributed by atoms with Crippen LogP contribution in [0.25, 0.3) is 11.3 Å². The topological polar surface area (TPSA) is 103 Å². The van der Waals surface area contributed by atoms with Gasteiger partial charge in [0.15, 0.2) is 0 Å². The van der Waals surface area contributed by atoms with Crippen LogP contribution < -0.4 is 9.47 Å². The number of hydrogen-bond donors (Lipinski definition) is 0. The fourth-order valence-corrected chi connectivity index (χ4v) is 4.11. The molecule has 35 heavy (non-hydrogen) atoms. The number of carbonyl (C=O) groups excluding carboxylic acids is 1. The Balaban J connectivity index is 1.23. The Kier molecular flexibility index (Phi) is 6.56. The van der Waals surface area contributed by atoms with E-state index in [9.17, 15) is 4.79 Å². The lowest BCUT2D eigenvalue weighted by Gasteiger charge is -2.32. The maximum Gasteiger partial charge on any atom is 0.255 e. The summed E-state index contributed by atoms with van der Waals surface area (Å²) in [7, 11) is 1.62. The lowest BCUT2D eigenvalue weighted by Crippen LogP contribution is -2.38. The maximum atomic E-state index is 13.0. The summed E-state index contributed by atoms with van der Waals surface area (Å²) in [6.45, 7) is 1.24. The van der Waals surface area contributed by atoms with E-state index in [1.807, 2.05) is 35.2 Å². The summed E-state index contributed by atoms with van der Waals surface area (Å²) in [4.78, 5) is 36.3. The number of piperidine rings is 1. The van der Waals surface area contributed by atoms with Gasteiger partial charge in [0.25, 0.3) is 5.91 Å². The van der Waals surface area contributed by atoms with Gasteiger partial charge in [-0.25, -0.2) is 15.0 Å². The van der Waals surface area contributed by atoms with E-state index in [0.717, 1.165) is 35.5 Å². The number of nitrogens with zero attached hydrogens (tertiary/aromatic N) is 6. The molecule has 4 aromatic rings. The van der Waals surface area contributed by atoms with Gasteiger partial charge >= 0.3 is 0 Å². The van der Waals surface area contributed by atoms with Crippen molar-refractivity contribution in [1.82, 2.24) is 29.8 Å². The van der Waals surface area contributed by atoms with Crippen molar-refractivity contribution in [2.24, 2.45) is 0 Å². The molecule has 9 heteroatoms. The van der Waals surface area contributed by atoms with Gasteiger partial charge in [-0.3, -0.25) is 14.8 Å². The summed E-state index contributed by atoms with van der Waals surface area (Å²) < 4.78 is 11.2. The van der Waals surface area contributed by atoms with Crippen molar-refractivity contribution in [2.75, 3.05) is 20.2 Å². The summed E-state index contributed by atoms with van der Waals surface area (Å²) in [6.07, 6.45) is 11.3. The first-order valence-corrected chi connectivity index (χ1v) is 11.3. The van der Waals surface area contributed by atoms with Crippen molar-refractivity contribution in [1.29, 1.82) is 0 Å². The molecule has 1 aliphatic rings. The van der Waals surface area contributed by atoms with E-state index >= 15 is 0 Å². The standard InChI is InChI=1S/C26H24N6O3/c1-34-21-3-5-22(6-4-21)35-25-24(29-10-11-30-25)18-8-12-32(13-9-18)26(33)19-2-7-23(31-16-19)20-14-27-17-28-15-20/h2-7,10-11,14-18H,8-9,12-13H2,1H3. The van der Waals surface area contributed by atoms with E-state index in [0.29, 0.717) is 30.3 Å². The molecule has 9 nitrogen and oxygen atoms in total. The van der Waals surface area contributed by atoms with Crippen LogP contribution >= 0.6 is 0 Å². The minimum absolute atomic E-state index is 0.0272. The first-order valence-electron chi connectivity index (χ1n) is 11.3. The van der Waals surface area contributed by atoms with Crippen LogP contribution in [0.1, 0.15) is 34.8 Å². The number of rotatable bonds is 6. The number of pyridine rings is 1. The van der Waals surface area contributed by atoms with Crippen molar-refractivity contribution >= 4 is 5.91 Å². The third kappa shape index (κ3) is 5.08. The van der Waals surface area contributed by atoms with Crippen LogP contribution in [0.5, 0.6) is 17.4 Å². The van der Waals surface area contributed by atoms with Gasteiger partial charge in [-0.15, -0.1) is 0 Å². The van der Waals surface area contributed by atoms with Crippen LogP contribution in [0, 0.1) is 0 Å². The molecular weight excluding hydrogens is 444 g/mol. The predicted molar refractivity (Wildman–Crippen MR) is 128 cm³/mol. The normalized spacial score (nSPS) is 13.9. The van der Waals surface area contributed by atoms with Gasteiger partial charge in [-0.1, -0.05) is 0 Å². The highest BCUT2D eigenvalue weighted by atomic mass is 16.5. The number of carbonyl (C=O) groups is 1. The molecule has 0 saturated carbocycles. The number of hydrogen-bond acceptors (Lipinski definition) is 8. The molecule has 0 unspecified atom stereocenters. The number of ether oxygens (including phenoxy) is 2. The first kappa shape index (κ1) is 22.4. The Labute approximate surface area is 202 Å². The van der Waals surface area contributed by atoms with E-state index < -0.39 is 0 Å². The maximum absolute atomic E-state index is 13.0. The molecule has 1 aromatic carbocycles. The minimum atomic E-state index is -0.0272. The fourth-order valence-electron chi connectivity index (χ4n) is 4.11. The van der Waals surface area contributed by atoms with Gasteiger partial charge in [-0.05, 0) is 49.2 Å². The van der Waals surface area contributed by atoms with E-state index in [2.05, 4.69) is 24.9 Å². The van der Waals surface area contributed by atoms with Gasteiger partial charge < -0.3 is 14.4 Å². The third-order valence-electron chi connectivity index (χ3n) is 6.00. The van der Waals surface area contributed by atoms with Crippen molar-refractivity contribution in [3.63, 3.8) is 0 Å². The fraction of sp³-hybridized carbons (Fsp3) is 0.231. The molecule has 1 amide bonds. The monoisotopic (exact) mass is 468 g/mol. The lowest BCUT2D eigenvalue weighted by atomic mass is 9.93. The second kappa shape index (κ2) is 10.3. The molecule has 0 bridgehead atoms.